The van der Waals surface area contributed by atoms with Crippen molar-refractivity contribution in [3.05, 3.63) is 29.8 Å². The first-order chi connectivity index (χ1) is 14.1. The van der Waals surface area contributed by atoms with Crippen LogP contribution in [0.1, 0.15) is 49.4 Å². The molecule has 0 spiro atoms. The highest BCUT2D eigenvalue weighted by molar-refractivity contribution is 5.94. The molecule has 1 N–H and O–H groups in total. The summed E-state index contributed by atoms with van der Waals surface area (Å²) in [5.41, 5.74) is 1.50. The maximum atomic E-state index is 12.5. The summed E-state index contributed by atoms with van der Waals surface area (Å²) >= 11 is 0. The number of nitrogens with one attached hydrogen (secondary N) is 1. The van der Waals surface area contributed by atoms with Crippen LogP contribution in [-0.4, -0.2) is 66.9 Å². The Morgan fingerprint density at radius 3 is 2.24 bits per heavy atom. The van der Waals surface area contributed by atoms with E-state index in [1.807, 2.05) is 29.2 Å². The standard InChI is InChI=1S/C22H31N3O4/c1-2-29-22(28)18-10-14-24(15-11-18)20(26)16-23-19-8-6-17(7-9-19)21(27)25-12-4-3-5-13-25/h6-9,18,23H,2-5,10-16H2,1H3. The molecule has 158 valence electrons. The Hall–Kier alpha value is -2.57. The molecule has 1 aromatic rings. The van der Waals surface area contributed by atoms with Crippen LogP contribution in [0.3, 0.4) is 0 Å². The van der Waals surface area contributed by atoms with Crippen molar-refractivity contribution in [2.45, 2.75) is 39.0 Å². The Bertz CT molecular complexity index is 705. The summed E-state index contributed by atoms with van der Waals surface area (Å²) in [6.45, 7) is 5.22. The molecule has 0 saturated carbocycles. The number of likely N-dealkylation sites (tertiary alicyclic amines) is 2. The van der Waals surface area contributed by atoms with Gasteiger partial charge in [0.2, 0.25) is 5.91 Å². The van der Waals surface area contributed by atoms with E-state index in [2.05, 4.69) is 5.32 Å². The van der Waals surface area contributed by atoms with Crippen LogP contribution in [0.2, 0.25) is 0 Å². The zero-order valence-corrected chi connectivity index (χ0v) is 17.2. The van der Waals surface area contributed by atoms with Gasteiger partial charge in [0.25, 0.3) is 5.91 Å². The van der Waals surface area contributed by atoms with Crippen molar-refractivity contribution in [2.75, 3.05) is 44.6 Å². The molecule has 2 fully saturated rings. The van der Waals surface area contributed by atoms with Gasteiger partial charge in [0.1, 0.15) is 0 Å². The smallest absolute Gasteiger partial charge is 0.309 e. The molecular formula is C22H31N3O4. The summed E-state index contributed by atoms with van der Waals surface area (Å²) in [5, 5.41) is 3.13. The second kappa shape index (κ2) is 10.3. The fourth-order valence-electron chi connectivity index (χ4n) is 3.92. The third-order valence-corrected chi connectivity index (χ3v) is 5.69. The number of esters is 1. The van der Waals surface area contributed by atoms with E-state index in [0.29, 0.717) is 38.1 Å². The van der Waals surface area contributed by atoms with Crippen molar-refractivity contribution in [2.24, 2.45) is 5.92 Å². The highest BCUT2D eigenvalue weighted by atomic mass is 16.5. The van der Waals surface area contributed by atoms with E-state index in [4.69, 9.17) is 4.74 Å². The van der Waals surface area contributed by atoms with Crippen molar-refractivity contribution in [3.8, 4) is 0 Å². The van der Waals surface area contributed by atoms with Gasteiger partial charge in [-0.15, -0.1) is 0 Å². The summed E-state index contributed by atoms with van der Waals surface area (Å²) < 4.78 is 5.07. The van der Waals surface area contributed by atoms with Crippen molar-refractivity contribution in [1.29, 1.82) is 0 Å². The maximum absolute atomic E-state index is 12.5. The largest absolute Gasteiger partial charge is 0.466 e. The molecule has 0 atom stereocenters. The summed E-state index contributed by atoms with van der Waals surface area (Å²) in [7, 11) is 0. The van der Waals surface area contributed by atoms with Gasteiger partial charge in [0.15, 0.2) is 0 Å². The number of hydrogen-bond acceptors (Lipinski definition) is 5. The van der Waals surface area contributed by atoms with Crippen LogP contribution in [0.25, 0.3) is 0 Å². The highest BCUT2D eigenvalue weighted by Crippen LogP contribution is 2.19. The zero-order valence-electron chi connectivity index (χ0n) is 17.2. The number of ether oxygens (including phenoxy) is 1. The minimum Gasteiger partial charge on any atom is -0.466 e. The molecule has 7 heteroatoms. The van der Waals surface area contributed by atoms with Crippen LogP contribution in [-0.2, 0) is 14.3 Å². The van der Waals surface area contributed by atoms with Crippen molar-refractivity contribution >= 4 is 23.5 Å². The van der Waals surface area contributed by atoms with Gasteiger partial charge in [-0.25, -0.2) is 0 Å². The van der Waals surface area contributed by atoms with Gasteiger partial charge in [0, 0.05) is 37.4 Å². The van der Waals surface area contributed by atoms with Crippen LogP contribution >= 0.6 is 0 Å². The first kappa shape index (κ1) is 21.1. The van der Waals surface area contributed by atoms with Gasteiger partial charge in [0.05, 0.1) is 19.1 Å². The normalized spacial score (nSPS) is 17.7. The van der Waals surface area contributed by atoms with E-state index in [1.165, 1.54) is 6.42 Å². The predicted octanol–water partition coefficient (Wildman–Crippen LogP) is 2.53. The van der Waals surface area contributed by atoms with Gasteiger partial charge in [-0.2, -0.15) is 0 Å². The molecule has 2 amide bonds. The molecular weight excluding hydrogens is 370 g/mol. The lowest BCUT2D eigenvalue weighted by molar-refractivity contribution is -0.151. The number of nitrogens with zero attached hydrogens (tertiary/aromatic N) is 2. The van der Waals surface area contributed by atoms with Crippen LogP contribution in [0, 0.1) is 5.92 Å². The Kier molecular flexibility index (Phi) is 7.49. The van der Waals surface area contributed by atoms with Crippen molar-refractivity contribution in [1.82, 2.24) is 9.80 Å². The van der Waals surface area contributed by atoms with Gasteiger partial charge < -0.3 is 19.9 Å². The Morgan fingerprint density at radius 2 is 1.62 bits per heavy atom. The lowest BCUT2D eigenvalue weighted by atomic mass is 9.97. The summed E-state index contributed by atoms with van der Waals surface area (Å²) in [6, 6.07) is 7.32. The van der Waals surface area contributed by atoms with E-state index >= 15 is 0 Å². The zero-order chi connectivity index (χ0) is 20.6. The third-order valence-electron chi connectivity index (χ3n) is 5.69. The maximum Gasteiger partial charge on any atom is 0.309 e. The Balaban J connectivity index is 1.43. The summed E-state index contributed by atoms with van der Waals surface area (Å²) in [5.74, 6) is -0.161. The molecule has 0 bridgehead atoms. The number of carbonyl (C=O) groups is 3. The summed E-state index contributed by atoms with van der Waals surface area (Å²) in [6.07, 6.45) is 4.64. The fraction of sp³-hybridized carbons (Fsp3) is 0.591. The lowest BCUT2D eigenvalue weighted by Gasteiger charge is -2.31. The second-order valence-corrected chi connectivity index (χ2v) is 7.69. The number of rotatable bonds is 6. The lowest BCUT2D eigenvalue weighted by Crippen LogP contribution is -2.43. The number of anilines is 1. The number of piperidine rings is 2. The topological polar surface area (TPSA) is 79.0 Å². The molecule has 2 aliphatic heterocycles. The van der Waals surface area contributed by atoms with E-state index in [-0.39, 0.29) is 30.2 Å². The molecule has 0 aliphatic carbocycles. The van der Waals surface area contributed by atoms with Crippen LogP contribution in [0.15, 0.2) is 24.3 Å². The van der Waals surface area contributed by atoms with Crippen LogP contribution < -0.4 is 5.32 Å². The molecule has 0 aromatic heterocycles. The summed E-state index contributed by atoms with van der Waals surface area (Å²) in [4.78, 5) is 40.5. The molecule has 3 rings (SSSR count). The molecule has 29 heavy (non-hydrogen) atoms. The van der Waals surface area contributed by atoms with E-state index in [0.717, 1.165) is 31.6 Å². The second-order valence-electron chi connectivity index (χ2n) is 7.69. The van der Waals surface area contributed by atoms with E-state index in [1.54, 1.807) is 11.8 Å². The Labute approximate surface area is 172 Å². The SMILES string of the molecule is CCOC(=O)C1CCN(C(=O)CNc2ccc(C(=O)N3CCCCC3)cc2)CC1. The molecule has 0 radical (unpaired) electrons. The molecule has 0 unspecified atom stereocenters. The monoisotopic (exact) mass is 401 g/mol. The fourth-order valence-corrected chi connectivity index (χ4v) is 3.92. The van der Waals surface area contributed by atoms with Crippen LogP contribution in [0.5, 0.6) is 0 Å². The number of carbonyl (C=O) groups excluding carboxylic acids is 3. The van der Waals surface area contributed by atoms with Crippen LogP contribution in [0.4, 0.5) is 5.69 Å². The van der Waals surface area contributed by atoms with Gasteiger partial charge >= 0.3 is 5.97 Å². The average Bonchev–Trinajstić information content (AvgIpc) is 2.78. The first-order valence-corrected chi connectivity index (χ1v) is 10.7. The molecule has 2 saturated heterocycles. The predicted molar refractivity (Wildman–Crippen MR) is 111 cm³/mol. The number of benzene rings is 1. The van der Waals surface area contributed by atoms with Gasteiger partial charge in [-0.3, -0.25) is 14.4 Å². The van der Waals surface area contributed by atoms with E-state index < -0.39 is 0 Å². The van der Waals surface area contributed by atoms with Gasteiger partial charge in [-0.05, 0) is 63.3 Å². The molecule has 1 aromatic carbocycles. The van der Waals surface area contributed by atoms with Crippen molar-refractivity contribution in [3.63, 3.8) is 0 Å². The number of amides is 2. The Morgan fingerprint density at radius 1 is 0.966 bits per heavy atom. The minimum atomic E-state index is -0.156. The minimum absolute atomic E-state index is 0.0146. The highest BCUT2D eigenvalue weighted by Gasteiger charge is 2.28. The molecule has 2 heterocycles. The van der Waals surface area contributed by atoms with Crippen molar-refractivity contribution < 1.29 is 19.1 Å². The van der Waals surface area contributed by atoms with Gasteiger partial charge in [-0.1, -0.05) is 0 Å². The number of hydrogen-bond donors (Lipinski definition) is 1. The first-order valence-electron chi connectivity index (χ1n) is 10.7. The van der Waals surface area contributed by atoms with E-state index in [9.17, 15) is 14.4 Å². The molecule has 2 aliphatic rings. The molecule has 7 nitrogen and oxygen atoms in total. The quantitative estimate of drug-likeness (QED) is 0.741. The third kappa shape index (κ3) is 5.71. The average molecular weight is 402 g/mol.